The van der Waals surface area contributed by atoms with Crippen LogP contribution in [0, 0.1) is 0 Å². The third kappa shape index (κ3) is 4.11. The van der Waals surface area contributed by atoms with E-state index in [-0.39, 0.29) is 24.7 Å². The van der Waals surface area contributed by atoms with Gasteiger partial charge in [0.15, 0.2) is 0 Å². The highest BCUT2D eigenvalue weighted by Gasteiger charge is 2.33. The van der Waals surface area contributed by atoms with E-state index in [1.165, 1.54) is 0 Å². The van der Waals surface area contributed by atoms with Gasteiger partial charge in [-0.25, -0.2) is 14.8 Å². The minimum absolute atomic E-state index is 0. The van der Waals surface area contributed by atoms with Crippen LogP contribution in [-0.4, -0.2) is 22.5 Å². The molecule has 18 heavy (non-hydrogen) atoms. The molecule has 1 rings (SSSR count). The highest BCUT2D eigenvalue weighted by Crippen LogP contribution is 2.28. The number of carbonyl (C=O) groups excluding carboxylic acids is 1. The van der Waals surface area contributed by atoms with Crippen LogP contribution in [0.25, 0.3) is 0 Å². The molecule has 0 saturated carbocycles. The first kappa shape index (κ1) is 16.6. The van der Waals surface area contributed by atoms with Gasteiger partial charge in [-0.05, 0) is 13.0 Å². The fraction of sp³-hybridized carbons (Fsp3) is 0.444. The van der Waals surface area contributed by atoms with E-state index < -0.39 is 23.9 Å². The van der Waals surface area contributed by atoms with E-state index in [1.54, 1.807) is 6.92 Å². The summed E-state index contributed by atoms with van der Waals surface area (Å²) in [5.41, 5.74) is 4.02. The summed E-state index contributed by atoms with van der Waals surface area (Å²) in [6, 6.07) is -0.722. The Morgan fingerprint density at radius 1 is 1.50 bits per heavy atom. The molecule has 0 saturated heterocycles. The lowest BCUT2D eigenvalue weighted by atomic mass is 10.2. The third-order valence-corrected chi connectivity index (χ3v) is 1.84. The van der Waals surface area contributed by atoms with Crippen molar-refractivity contribution in [2.45, 2.75) is 19.1 Å². The smallest absolute Gasteiger partial charge is 0.433 e. The number of hydrogen-bond donors (Lipinski definition) is 1. The Bertz CT molecular complexity index is 414. The van der Waals surface area contributed by atoms with Gasteiger partial charge in [-0.3, -0.25) is 0 Å². The molecule has 0 fully saturated rings. The minimum atomic E-state index is -4.61. The molecule has 1 heterocycles. The highest BCUT2D eigenvalue weighted by molar-refractivity contribution is 5.85. The van der Waals surface area contributed by atoms with E-state index in [0.29, 0.717) is 12.4 Å². The molecule has 102 valence electrons. The summed E-state index contributed by atoms with van der Waals surface area (Å²) in [5, 5.41) is 0. The standard InChI is InChI=1S/C9H10F3N3O2.ClH/c1-2-17-8(16)7(13)5-3-6(9(10,11)12)15-4-14-5;/h3-4,7H,2,13H2,1H3;1H. The molecule has 1 unspecified atom stereocenters. The molecule has 0 bridgehead atoms. The zero-order chi connectivity index (χ0) is 13.1. The van der Waals surface area contributed by atoms with Crippen molar-refractivity contribution in [3.8, 4) is 0 Å². The van der Waals surface area contributed by atoms with E-state index in [4.69, 9.17) is 5.73 Å². The average molecular weight is 286 g/mol. The number of carbonyl (C=O) groups is 1. The molecule has 0 spiro atoms. The van der Waals surface area contributed by atoms with Crippen LogP contribution < -0.4 is 5.73 Å². The molecule has 0 aromatic carbocycles. The van der Waals surface area contributed by atoms with Gasteiger partial charge in [0.05, 0.1) is 12.3 Å². The van der Waals surface area contributed by atoms with Gasteiger partial charge < -0.3 is 10.5 Å². The highest BCUT2D eigenvalue weighted by atomic mass is 35.5. The maximum Gasteiger partial charge on any atom is 0.433 e. The number of hydrogen-bond acceptors (Lipinski definition) is 5. The van der Waals surface area contributed by atoms with E-state index in [2.05, 4.69) is 14.7 Å². The second-order valence-corrected chi connectivity index (χ2v) is 3.06. The Hall–Kier alpha value is -1.41. The van der Waals surface area contributed by atoms with Gasteiger partial charge in [-0.15, -0.1) is 12.4 Å². The molecular weight excluding hydrogens is 275 g/mol. The van der Waals surface area contributed by atoms with Crippen LogP contribution in [0.4, 0.5) is 13.2 Å². The number of nitrogens with zero attached hydrogens (tertiary/aromatic N) is 2. The van der Waals surface area contributed by atoms with Gasteiger partial charge in [0.25, 0.3) is 0 Å². The number of aromatic nitrogens is 2. The summed E-state index contributed by atoms with van der Waals surface area (Å²) < 4.78 is 41.6. The maximum atomic E-state index is 12.3. The summed E-state index contributed by atoms with van der Waals surface area (Å²) in [6.45, 7) is 1.65. The largest absolute Gasteiger partial charge is 0.465 e. The molecule has 0 amide bonds. The molecule has 5 nitrogen and oxygen atoms in total. The molecule has 1 atom stereocenters. The Balaban J connectivity index is 0.00000289. The predicted octanol–water partition coefficient (Wildman–Crippen LogP) is 1.48. The molecule has 2 N–H and O–H groups in total. The van der Waals surface area contributed by atoms with Gasteiger partial charge >= 0.3 is 12.1 Å². The van der Waals surface area contributed by atoms with Gasteiger partial charge in [-0.2, -0.15) is 13.2 Å². The van der Waals surface area contributed by atoms with Crippen molar-refractivity contribution in [3.63, 3.8) is 0 Å². The fourth-order valence-electron chi connectivity index (χ4n) is 1.05. The van der Waals surface area contributed by atoms with Crippen LogP contribution in [0.3, 0.4) is 0 Å². The monoisotopic (exact) mass is 285 g/mol. The third-order valence-electron chi connectivity index (χ3n) is 1.84. The molecule has 1 aromatic heterocycles. The predicted molar refractivity (Wildman–Crippen MR) is 57.8 cm³/mol. The number of esters is 1. The van der Waals surface area contributed by atoms with Crippen molar-refractivity contribution in [1.29, 1.82) is 0 Å². The molecule has 0 aliphatic carbocycles. The second kappa shape index (κ2) is 6.50. The first-order valence-electron chi connectivity index (χ1n) is 4.67. The van der Waals surface area contributed by atoms with Gasteiger partial charge in [0, 0.05) is 0 Å². The lowest BCUT2D eigenvalue weighted by molar-refractivity contribution is -0.145. The molecule has 0 radical (unpaired) electrons. The van der Waals surface area contributed by atoms with E-state index in [9.17, 15) is 18.0 Å². The quantitative estimate of drug-likeness (QED) is 0.851. The van der Waals surface area contributed by atoms with Crippen molar-refractivity contribution in [1.82, 2.24) is 9.97 Å². The zero-order valence-corrected chi connectivity index (χ0v) is 10.1. The normalized spacial score (nSPS) is 12.5. The number of alkyl halides is 3. The number of ether oxygens (including phenoxy) is 1. The SMILES string of the molecule is CCOC(=O)C(N)c1cc(C(F)(F)F)ncn1.Cl. The average Bonchev–Trinajstić information content (AvgIpc) is 2.27. The maximum absolute atomic E-state index is 12.3. The Morgan fingerprint density at radius 3 is 2.61 bits per heavy atom. The van der Waals surface area contributed by atoms with Crippen molar-refractivity contribution in [2.75, 3.05) is 6.61 Å². The number of nitrogens with two attached hydrogens (primary N) is 1. The fourth-order valence-corrected chi connectivity index (χ4v) is 1.05. The van der Waals surface area contributed by atoms with Crippen LogP contribution in [0.2, 0.25) is 0 Å². The molecule has 0 aliphatic rings. The Morgan fingerprint density at radius 2 is 2.11 bits per heavy atom. The van der Waals surface area contributed by atoms with Crippen LogP contribution >= 0.6 is 12.4 Å². The zero-order valence-electron chi connectivity index (χ0n) is 9.27. The van der Waals surface area contributed by atoms with Crippen molar-refractivity contribution >= 4 is 18.4 Å². The van der Waals surface area contributed by atoms with Gasteiger partial charge in [0.2, 0.25) is 0 Å². The van der Waals surface area contributed by atoms with Crippen LogP contribution in [0.1, 0.15) is 24.4 Å². The lowest BCUT2D eigenvalue weighted by Crippen LogP contribution is -2.25. The van der Waals surface area contributed by atoms with Crippen molar-refractivity contribution in [2.24, 2.45) is 5.73 Å². The van der Waals surface area contributed by atoms with Crippen molar-refractivity contribution < 1.29 is 22.7 Å². The number of halogens is 4. The second-order valence-electron chi connectivity index (χ2n) is 3.06. The van der Waals surface area contributed by atoms with E-state index >= 15 is 0 Å². The summed E-state index contributed by atoms with van der Waals surface area (Å²) >= 11 is 0. The summed E-state index contributed by atoms with van der Waals surface area (Å²) in [7, 11) is 0. The van der Waals surface area contributed by atoms with E-state index in [0.717, 1.165) is 0 Å². The Labute approximate surface area is 107 Å². The first-order valence-corrected chi connectivity index (χ1v) is 4.67. The number of rotatable bonds is 3. The van der Waals surface area contributed by atoms with Crippen molar-refractivity contribution in [3.05, 3.63) is 23.8 Å². The van der Waals surface area contributed by atoms with E-state index in [1.807, 2.05) is 0 Å². The molecule has 1 aromatic rings. The lowest BCUT2D eigenvalue weighted by Gasteiger charge is -2.11. The summed E-state index contributed by atoms with van der Waals surface area (Å²) in [5.74, 6) is -0.834. The first-order chi connectivity index (χ1) is 7.86. The van der Waals surface area contributed by atoms with Gasteiger partial charge in [0.1, 0.15) is 18.1 Å². The molecule has 9 heteroatoms. The van der Waals surface area contributed by atoms with Crippen LogP contribution in [0.5, 0.6) is 0 Å². The molecule has 0 aliphatic heterocycles. The Kier molecular flexibility index (Phi) is 5.99. The topological polar surface area (TPSA) is 78.1 Å². The summed E-state index contributed by atoms with van der Waals surface area (Å²) in [6.07, 6.45) is -3.90. The van der Waals surface area contributed by atoms with Crippen LogP contribution in [-0.2, 0) is 15.7 Å². The molecular formula is C9H11ClF3N3O2. The minimum Gasteiger partial charge on any atom is -0.465 e. The van der Waals surface area contributed by atoms with Crippen LogP contribution in [0.15, 0.2) is 12.4 Å². The summed E-state index contributed by atoms with van der Waals surface area (Å²) in [4.78, 5) is 17.8. The van der Waals surface area contributed by atoms with Gasteiger partial charge in [-0.1, -0.05) is 0 Å².